The molecule has 1 saturated heterocycles. The summed E-state index contributed by atoms with van der Waals surface area (Å²) < 4.78 is 5.56. The molecule has 134 valence electrons. The van der Waals surface area contributed by atoms with Crippen LogP contribution in [0.15, 0.2) is 4.99 Å². The van der Waals surface area contributed by atoms with Crippen LogP contribution in [0.3, 0.4) is 0 Å². The van der Waals surface area contributed by atoms with E-state index in [9.17, 15) is 5.11 Å². The van der Waals surface area contributed by atoms with E-state index in [-0.39, 0.29) is 12.0 Å². The van der Waals surface area contributed by atoms with Crippen molar-refractivity contribution in [2.24, 2.45) is 15.8 Å². The average molecular weight is 325 g/mol. The van der Waals surface area contributed by atoms with Crippen molar-refractivity contribution >= 4 is 5.96 Å². The smallest absolute Gasteiger partial charge is 0.191 e. The molecule has 0 aromatic carbocycles. The maximum absolute atomic E-state index is 9.34. The van der Waals surface area contributed by atoms with E-state index in [4.69, 9.17) is 9.73 Å². The number of nitrogens with zero attached hydrogens (tertiary/aromatic N) is 1. The van der Waals surface area contributed by atoms with Crippen molar-refractivity contribution in [2.75, 3.05) is 39.5 Å². The zero-order chi connectivity index (χ0) is 16.6. The molecule has 0 aromatic rings. The summed E-state index contributed by atoms with van der Waals surface area (Å²) >= 11 is 0. The highest BCUT2D eigenvalue weighted by atomic mass is 16.5. The molecule has 23 heavy (non-hydrogen) atoms. The van der Waals surface area contributed by atoms with Gasteiger partial charge in [0.2, 0.25) is 0 Å². The first kappa shape index (κ1) is 18.5. The summed E-state index contributed by atoms with van der Waals surface area (Å²) in [5.41, 5.74) is 0.475. The number of rotatable bonds is 8. The predicted molar refractivity (Wildman–Crippen MR) is 94.7 cm³/mol. The third kappa shape index (κ3) is 5.08. The fourth-order valence-corrected chi connectivity index (χ4v) is 3.93. The van der Waals surface area contributed by atoms with Gasteiger partial charge in [0.1, 0.15) is 0 Å². The number of hydrogen-bond acceptors (Lipinski definition) is 3. The molecule has 0 radical (unpaired) electrons. The van der Waals surface area contributed by atoms with Gasteiger partial charge in [-0.25, -0.2) is 0 Å². The molecule has 5 heteroatoms. The van der Waals surface area contributed by atoms with Crippen molar-refractivity contribution in [3.8, 4) is 0 Å². The number of aliphatic imine (C=N–C) groups is 1. The van der Waals surface area contributed by atoms with E-state index in [0.717, 1.165) is 51.6 Å². The Balaban J connectivity index is 1.93. The molecule has 1 saturated carbocycles. The van der Waals surface area contributed by atoms with E-state index < -0.39 is 0 Å². The van der Waals surface area contributed by atoms with Gasteiger partial charge in [-0.05, 0) is 44.4 Å². The Kier molecular flexibility index (Phi) is 7.15. The second-order valence-corrected chi connectivity index (χ2v) is 7.39. The number of nitrogens with one attached hydrogen (secondary N) is 2. The van der Waals surface area contributed by atoms with Crippen LogP contribution in [0.5, 0.6) is 0 Å². The Bertz CT molecular complexity index is 372. The van der Waals surface area contributed by atoms with Crippen molar-refractivity contribution < 1.29 is 9.84 Å². The molecule has 1 heterocycles. The summed E-state index contributed by atoms with van der Waals surface area (Å²) in [6, 6.07) is 0. The van der Waals surface area contributed by atoms with E-state index in [1.807, 2.05) is 0 Å². The molecule has 1 aliphatic carbocycles. The van der Waals surface area contributed by atoms with E-state index >= 15 is 0 Å². The molecular weight excluding hydrogens is 290 g/mol. The Morgan fingerprint density at radius 3 is 2.48 bits per heavy atom. The van der Waals surface area contributed by atoms with Gasteiger partial charge in [0.15, 0.2) is 5.96 Å². The predicted octanol–water partition coefficient (Wildman–Crippen LogP) is 2.30. The van der Waals surface area contributed by atoms with Gasteiger partial charge in [0.05, 0.1) is 13.2 Å². The Morgan fingerprint density at radius 2 is 1.91 bits per heavy atom. The summed E-state index contributed by atoms with van der Waals surface area (Å²) in [6.07, 6.45) is 8.39. The summed E-state index contributed by atoms with van der Waals surface area (Å²) in [5, 5.41) is 16.3. The van der Waals surface area contributed by atoms with E-state index in [1.165, 1.54) is 32.1 Å². The van der Waals surface area contributed by atoms with Crippen molar-refractivity contribution in [1.82, 2.24) is 10.6 Å². The molecule has 3 N–H and O–H groups in total. The van der Waals surface area contributed by atoms with E-state index in [2.05, 4.69) is 24.5 Å². The van der Waals surface area contributed by atoms with Crippen molar-refractivity contribution in [3.63, 3.8) is 0 Å². The lowest BCUT2D eigenvalue weighted by molar-refractivity contribution is 0.131. The highest BCUT2D eigenvalue weighted by molar-refractivity contribution is 5.79. The molecule has 1 unspecified atom stereocenters. The standard InChI is InChI=1S/C18H35N3O2/c1-3-17(7-5-6-8-17)13-20-16(19-4-2)21-14-18(9-11-22)10-12-23-15-18/h22H,3-15H2,1-2H3,(H2,19,20,21). The quantitative estimate of drug-likeness (QED) is 0.473. The molecule has 0 aromatic heterocycles. The maximum Gasteiger partial charge on any atom is 0.191 e. The minimum Gasteiger partial charge on any atom is -0.396 e. The second kappa shape index (κ2) is 8.88. The van der Waals surface area contributed by atoms with Crippen LogP contribution in [0.25, 0.3) is 0 Å². The monoisotopic (exact) mass is 325 g/mol. The van der Waals surface area contributed by atoms with Crippen LogP contribution in [-0.2, 0) is 4.74 Å². The van der Waals surface area contributed by atoms with Crippen LogP contribution in [-0.4, -0.2) is 50.5 Å². The molecule has 1 aliphatic heterocycles. The van der Waals surface area contributed by atoms with Crippen LogP contribution < -0.4 is 10.6 Å². The zero-order valence-corrected chi connectivity index (χ0v) is 15.0. The van der Waals surface area contributed by atoms with Crippen LogP contribution in [0.4, 0.5) is 0 Å². The van der Waals surface area contributed by atoms with Crippen molar-refractivity contribution in [1.29, 1.82) is 0 Å². The number of guanidine groups is 1. The van der Waals surface area contributed by atoms with Gasteiger partial charge in [-0.2, -0.15) is 0 Å². The van der Waals surface area contributed by atoms with Crippen molar-refractivity contribution in [3.05, 3.63) is 0 Å². The van der Waals surface area contributed by atoms with Crippen LogP contribution >= 0.6 is 0 Å². The summed E-state index contributed by atoms with van der Waals surface area (Å²) in [7, 11) is 0. The van der Waals surface area contributed by atoms with E-state index in [1.54, 1.807) is 0 Å². The molecule has 2 fully saturated rings. The number of aliphatic hydroxyl groups is 1. The lowest BCUT2D eigenvalue weighted by atomic mass is 9.83. The van der Waals surface area contributed by atoms with Crippen LogP contribution in [0.1, 0.15) is 58.8 Å². The molecule has 2 aliphatic rings. The molecule has 0 amide bonds. The SMILES string of the molecule is CCNC(=NCC1(CCO)CCOC1)NCC1(CC)CCCC1. The molecule has 1 atom stereocenters. The minimum absolute atomic E-state index is 0.0207. The van der Waals surface area contributed by atoms with Crippen LogP contribution in [0.2, 0.25) is 0 Å². The summed E-state index contributed by atoms with van der Waals surface area (Å²) in [6.45, 7) is 8.73. The highest BCUT2D eigenvalue weighted by Gasteiger charge is 2.35. The fourth-order valence-electron chi connectivity index (χ4n) is 3.93. The molecule has 2 rings (SSSR count). The topological polar surface area (TPSA) is 65.9 Å². The number of ether oxygens (including phenoxy) is 1. The first-order valence-corrected chi connectivity index (χ1v) is 9.38. The largest absolute Gasteiger partial charge is 0.396 e. The fraction of sp³-hybridized carbons (Fsp3) is 0.944. The van der Waals surface area contributed by atoms with E-state index in [0.29, 0.717) is 5.41 Å². The lowest BCUT2D eigenvalue weighted by Crippen LogP contribution is -2.43. The number of aliphatic hydroxyl groups excluding tert-OH is 1. The second-order valence-electron chi connectivity index (χ2n) is 7.39. The molecule has 0 spiro atoms. The normalized spacial score (nSPS) is 27.3. The Morgan fingerprint density at radius 1 is 1.13 bits per heavy atom. The minimum atomic E-state index is 0.0207. The average Bonchev–Trinajstić information content (AvgIpc) is 3.21. The molecule has 0 bridgehead atoms. The van der Waals surface area contributed by atoms with Gasteiger partial charge in [0, 0.05) is 31.7 Å². The summed E-state index contributed by atoms with van der Waals surface area (Å²) in [4.78, 5) is 4.82. The van der Waals surface area contributed by atoms with Gasteiger partial charge in [-0.3, -0.25) is 4.99 Å². The van der Waals surface area contributed by atoms with Crippen molar-refractivity contribution in [2.45, 2.75) is 58.8 Å². The molecule has 5 nitrogen and oxygen atoms in total. The number of hydrogen-bond donors (Lipinski definition) is 3. The van der Waals surface area contributed by atoms with Gasteiger partial charge in [0.25, 0.3) is 0 Å². The van der Waals surface area contributed by atoms with Gasteiger partial charge in [-0.1, -0.05) is 19.8 Å². The molecular formula is C18H35N3O2. The first-order valence-electron chi connectivity index (χ1n) is 9.38. The highest BCUT2D eigenvalue weighted by Crippen LogP contribution is 2.40. The Labute approximate surface area is 141 Å². The zero-order valence-electron chi connectivity index (χ0n) is 15.0. The first-order chi connectivity index (χ1) is 11.2. The third-order valence-electron chi connectivity index (χ3n) is 5.79. The Hall–Kier alpha value is -0.810. The lowest BCUT2D eigenvalue weighted by Gasteiger charge is -2.29. The third-order valence-corrected chi connectivity index (χ3v) is 5.79. The van der Waals surface area contributed by atoms with Gasteiger partial charge >= 0.3 is 0 Å². The maximum atomic E-state index is 9.34. The van der Waals surface area contributed by atoms with Gasteiger partial charge in [-0.15, -0.1) is 0 Å². The van der Waals surface area contributed by atoms with Gasteiger partial charge < -0.3 is 20.5 Å². The summed E-state index contributed by atoms with van der Waals surface area (Å²) in [5.74, 6) is 0.913. The van der Waals surface area contributed by atoms with Crippen LogP contribution in [0, 0.1) is 10.8 Å².